The second kappa shape index (κ2) is 14.6. The summed E-state index contributed by atoms with van der Waals surface area (Å²) >= 11 is 0. The molecule has 0 saturated heterocycles. The van der Waals surface area contributed by atoms with Gasteiger partial charge in [-0.15, -0.1) is 0 Å². The Labute approximate surface area is 371 Å². The first-order chi connectivity index (χ1) is 31.8. The zero-order valence-corrected chi connectivity index (χ0v) is 35.0. The molecule has 0 bridgehead atoms. The van der Waals surface area contributed by atoms with Gasteiger partial charge in [-0.2, -0.15) is 0 Å². The summed E-state index contributed by atoms with van der Waals surface area (Å²) in [6.07, 6.45) is 0. The maximum absolute atomic E-state index is 2.49. The minimum atomic E-state index is 1.15. The second-order valence-corrected chi connectivity index (χ2v) is 16.7. The average molecular weight is 813 g/mol. The van der Waals surface area contributed by atoms with E-state index in [2.05, 4.69) is 252 Å². The summed E-state index contributed by atoms with van der Waals surface area (Å²) in [4.78, 5) is 0. The van der Waals surface area contributed by atoms with Crippen LogP contribution in [0.3, 0.4) is 0 Å². The highest BCUT2D eigenvalue weighted by Gasteiger charge is 2.23. The Kier molecular flexibility index (Phi) is 8.25. The molecule has 0 fully saturated rings. The van der Waals surface area contributed by atoms with E-state index in [0.29, 0.717) is 0 Å². The Hall–Kier alpha value is -8.46. The van der Waals surface area contributed by atoms with Crippen molar-refractivity contribution in [2.24, 2.45) is 0 Å². The molecule has 0 radical (unpaired) electrons. The molecule has 0 saturated carbocycles. The topological polar surface area (TPSA) is 9.86 Å². The van der Waals surface area contributed by atoms with Crippen LogP contribution in [-0.2, 0) is 0 Å². The number of para-hydroxylation sites is 4. The van der Waals surface area contributed by atoms with E-state index >= 15 is 0 Å². The van der Waals surface area contributed by atoms with Crippen molar-refractivity contribution in [2.45, 2.75) is 0 Å². The van der Waals surface area contributed by atoms with Crippen LogP contribution in [0.2, 0.25) is 0 Å². The maximum Gasteiger partial charge on any atom is 0.0547 e. The third kappa shape index (κ3) is 5.46. The molecule has 2 aromatic heterocycles. The normalized spacial score (nSPS) is 11.8. The average Bonchev–Trinajstić information content (AvgIpc) is 3.90. The molecule has 13 rings (SSSR count). The highest BCUT2D eigenvalue weighted by atomic mass is 15.0. The van der Waals surface area contributed by atoms with Crippen molar-refractivity contribution < 1.29 is 0 Å². The summed E-state index contributed by atoms with van der Waals surface area (Å²) in [5, 5.41) is 9.91. The lowest BCUT2D eigenvalue weighted by Gasteiger charge is -2.20. The van der Waals surface area contributed by atoms with E-state index in [9.17, 15) is 0 Å². The van der Waals surface area contributed by atoms with E-state index < -0.39 is 0 Å². The lowest BCUT2D eigenvalue weighted by atomic mass is 9.83. The van der Waals surface area contributed by atoms with Crippen molar-refractivity contribution in [3.63, 3.8) is 0 Å². The van der Waals surface area contributed by atoms with Gasteiger partial charge in [0, 0.05) is 32.9 Å². The minimum absolute atomic E-state index is 1.15. The van der Waals surface area contributed by atoms with Crippen LogP contribution >= 0.6 is 0 Å². The third-order valence-electron chi connectivity index (χ3n) is 13.3. The van der Waals surface area contributed by atoms with Crippen LogP contribution in [0.1, 0.15) is 0 Å². The van der Waals surface area contributed by atoms with E-state index in [4.69, 9.17) is 0 Å². The fourth-order valence-electron chi connectivity index (χ4n) is 10.7. The molecule has 0 amide bonds. The van der Waals surface area contributed by atoms with Crippen LogP contribution in [-0.4, -0.2) is 9.13 Å². The second-order valence-electron chi connectivity index (χ2n) is 16.7. The fraction of sp³-hybridized carbons (Fsp3) is 0. The summed E-state index contributed by atoms with van der Waals surface area (Å²) in [5.41, 5.74) is 16.9. The predicted octanol–water partition coefficient (Wildman–Crippen LogP) is 16.9. The summed E-state index contributed by atoms with van der Waals surface area (Å²) < 4.78 is 4.84. The van der Waals surface area contributed by atoms with Crippen molar-refractivity contribution >= 4 is 65.2 Å². The zero-order chi connectivity index (χ0) is 42.1. The number of fused-ring (bicyclic) bond motifs is 8. The van der Waals surface area contributed by atoms with Gasteiger partial charge in [0.05, 0.1) is 22.1 Å². The molecule has 0 aliphatic rings. The fourth-order valence-corrected chi connectivity index (χ4v) is 10.7. The van der Waals surface area contributed by atoms with Gasteiger partial charge in [-0.1, -0.05) is 188 Å². The lowest BCUT2D eigenvalue weighted by molar-refractivity contribution is 1.18. The highest BCUT2D eigenvalue weighted by Crippen LogP contribution is 2.49. The van der Waals surface area contributed by atoms with Gasteiger partial charge in [0.15, 0.2) is 0 Å². The van der Waals surface area contributed by atoms with Crippen molar-refractivity contribution in [2.75, 3.05) is 0 Å². The van der Waals surface area contributed by atoms with Gasteiger partial charge < -0.3 is 9.13 Å². The standard InChI is InChI=1S/C62H40N2/c1-4-20-41(21-5-1)44-26-10-11-27-47(44)60-50-32-16-30-45(48-34-18-38-58-61(48)52-28-12-14-36-56(52)63(58)42-22-6-2-7-23-42)54(50)40-55-46(31-17-33-51(55)60)49-35-19-39-59-62(49)53-29-13-15-37-57(53)64(59)43-24-8-3-9-25-43/h1-40H. The number of nitrogens with zero attached hydrogens (tertiary/aromatic N) is 2. The molecule has 0 N–H and O–H groups in total. The summed E-state index contributed by atoms with van der Waals surface area (Å²) in [6, 6.07) is 89.1. The summed E-state index contributed by atoms with van der Waals surface area (Å²) in [7, 11) is 0. The SMILES string of the molecule is c1ccc(-c2ccccc2-c2c3cccc(-c4cccc5c4c4ccccc4n5-c4ccccc4)c3cc3c(-c4cccc5c4c4ccccc4n5-c4ccccc4)cccc23)cc1. The number of rotatable bonds is 6. The molecular formula is C62H40N2. The quantitative estimate of drug-likeness (QED) is 0.148. The third-order valence-corrected chi connectivity index (χ3v) is 13.3. The van der Waals surface area contributed by atoms with Crippen molar-refractivity contribution in [1.82, 2.24) is 9.13 Å². The van der Waals surface area contributed by atoms with Crippen LogP contribution in [0.15, 0.2) is 243 Å². The van der Waals surface area contributed by atoms with Gasteiger partial charge in [0.1, 0.15) is 0 Å². The Morgan fingerprint density at radius 3 is 1.09 bits per heavy atom. The van der Waals surface area contributed by atoms with E-state index in [-0.39, 0.29) is 0 Å². The van der Waals surface area contributed by atoms with Crippen molar-refractivity contribution in [3.05, 3.63) is 243 Å². The number of aromatic nitrogens is 2. The summed E-state index contributed by atoms with van der Waals surface area (Å²) in [6.45, 7) is 0. The van der Waals surface area contributed by atoms with E-state index in [1.165, 1.54) is 110 Å². The Morgan fingerprint density at radius 2 is 0.578 bits per heavy atom. The van der Waals surface area contributed by atoms with Crippen LogP contribution in [0.5, 0.6) is 0 Å². The molecule has 11 aromatic carbocycles. The largest absolute Gasteiger partial charge is 0.309 e. The van der Waals surface area contributed by atoms with Crippen LogP contribution in [0, 0.1) is 0 Å². The van der Waals surface area contributed by atoms with Crippen LogP contribution < -0.4 is 0 Å². The Bertz CT molecular complexity index is 3720. The predicted molar refractivity (Wildman–Crippen MR) is 272 cm³/mol. The van der Waals surface area contributed by atoms with Crippen molar-refractivity contribution in [3.8, 4) is 55.9 Å². The van der Waals surface area contributed by atoms with Gasteiger partial charge >= 0.3 is 0 Å². The first-order valence-corrected chi connectivity index (χ1v) is 22.1. The maximum atomic E-state index is 2.49. The number of hydrogen-bond donors (Lipinski definition) is 0. The highest BCUT2D eigenvalue weighted by molar-refractivity contribution is 6.25. The molecule has 0 aliphatic carbocycles. The molecular weight excluding hydrogens is 773 g/mol. The van der Waals surface area contributed by atoms with Gasteiger partial charge in [-0.05, 0) is 121 Å². The molecule has 13 aromatic rings. The molecule has 2 heterocycles. The van der Waals surface area contributed by atoms with E-state index in [1.807, 2.05) is 0 Å². The van der Waals surface area contributed by atoms with Crippen molar-refractivity contribution in [1.29, 1.82) is 0 Å². The summed E-state index contributed by atoms with van der Waals surface area (Å²) in [5.74, 6) is 0. The molecule has 64 heavy (non-hydrogen) atoms. The molecule has 0 atom stereocenters. The molecule has 0 unspecified atom stereocenters. The monoisotopic (exact) mass is 812 g/mol. The number of hydrogen-bond acceptors (Lipinski definition) is 0. The zero-order valence-electron chi connectivity index (χ0n) is 35.0. The van der Waals surface area contributed by atoms with E-state index in [1.54, 1.807) is 0 Å². The van der Waals surface area contributed by atoms with Gasteiger partial charge in [0.2, 0.25) is 0 Å². The molecule has 298 valence electrons. The minimum Gasteiger partial charge on any atom is -0.309 e. The van der Waals surface area contributed by atoms with E-state index in [0.717, 1.165) is 11.4 Å². The number of benzene rings is 11. The smallest absolute Gasteiger partial charge is 0.0547 e. The molecule has 2 heteroatoms. The molecule has 2 nitrogen and oxygen atoms in total. The van der Waals surface area contributed by atoms with Crippen LogP contribution in [0.4, 0.5) is 0 Å². The van der Waals surface area contributed by atoms with Crippen LogP contribution in [0.25, 0.3) is 121 Å². The Morgan fingerprint density at radius 1 is 0.219 bits per heavy atom. The van der Waals surface area contributed by atoms with Gasteiger partial charge in [-0.25, -0.2) is 0 Å². The lowest BCUT2D eigenvalue weighted by Crippen LogP contribution is -1.94. The first kappa shape index (κ1) is 36.2. The molecule has 0 aliphatic heterocycles. The first-order valence-electron chi connectivity index (χ1n) is 22.1. The van der Waals surface area contributed by atoms with Gasteiger partial charge in [-0.3, -0.25) is 0 Å². The van der Waals surface area contributed by atoms with Gasteiger partial charge in [0.25, 0.3) is 0 Å². The Balaban J connectivity index is 1.17. The molecule has 0 spiro atoms.